The van der Waals surface area contributed by atoms with E-state index in [0.717, 1.165) is 22.8 Å². The number of thiocarbonyl (C=S) groups is 1. The molecule has 0 bridgehead atoms. The number of methoxy groups -OCH3 is 2. The first-order chi connectivity index (χ1) is 15.1. The molecule has 2 aromatic heterocycles. The zero-order valence-corrected chi connectivity index (χ0v) is 18.2. The number of pyridine rings is 1. The monoisotopic (exact) mass is 436 g/mol. The van der Waals surface area contributed by atoms with Gasteiger partial charge in [-0.05, 0) is 48.6 Å². The molecule has 31 heavy (non-hydrogen) atoms. The Morgan fingerprint density at radius 3 is 2.77 bits per heavy atom. The van der Waals surface area contributed by atoms with Crippen LogP contribution >= 0.6 is 12.2 Å². The van der Waals surface area contributed by atoms with Crippen LogP contribution in [0.3, 0.4) is 0 Å². The van der Waals surface area contributed by atoms with E-state index in [2.05, 4.69) is 20.9 Å². The number of rotatable bonds is 7. The zero-order valence-electron chi connectivity index (χ0n) is 17.4. The van der Waals surface area contributed by atoms with Crippen LogP contribution in [0.15, 0.2) is 67.0 Å². The van der Waals surface area contributed by atoms with Gasteiger partial charge in [-0.3, -0.25) is 9.78 Å². The van der Waals surface area contributed by atoms with Crippen LogP contribution in [0, 0.1) is 0 Å². The Morgan fingerprint density at radius 1 is 1.16 bits per heavy atom. The van der Waals surface area contributed by atoms with Crippen LogP contribution in [0.5, 0.6) is 5.75 Å². The summed E-state index contributed by atoms with van der Waals surface area (Å²) in [5.41, 5.74) is 2.89. The van der Waals surface area contributed by atoms with E-state index in [9.17, 15) is 4.79 Å². The Balaban J connectivity index is 1.76. The first-order valence-electron chi connectivity index (χ1n) is 9.99. The average molecular weight is 437 g/mol. The molecule has 7 nitrogen and oxygen atoms in total. The molecule has 0 spiro atoms. The number of ether oxygens (including phenoxy) is 2. The average Bonchev–Trinajstić information content (AvgIpc) is 3.42. The van der Waals surface area contributed by atoms with Gasteiger partial charge in [0.1, 0.15) is 5.75 Å². The van der Waals surface area contributed by atoms with Gasteiger partial charge in [-0.25, -0.2) is 0 Å². The van der Waals surface area contributed by atoms with Crippen LogP contribution in [-0.2, 0) is 9.53 Å². The van der Waals surface area contributed by atoms with E-state index >= 15 is 0 Å². The minimum absolute atomic E-state index is 0.159. The molecule has 1 N–H and O–H groups in total. The first-order valence-corrected chi connectivity index (χ1v) is 10.4. The number of esters is 1. The van der Waals surface area contributed by atoms with Gasteiger partial charge in [0, 0.05) is 36.4 Å². The topological polar surface area (TPSA) is 68.6 Å². The van der Waals surface area contributed by atoms with Crippen molar-refractivity contribution in [2.45, 2.75) is 18.5 Å². The summed E-state index contributed by atoms with van der Waals surface area (Å²) >= 11 is 5.66. The van der Waals surface area contributed by atoms with E-state index in [0.29, 0.717) is 11.7 Å². The minimum Gasteiger partial charge on any atom is -0.497 e. The molecule has 0 unspecified atom stereocenters. The van der Waals surface area contributed by atoms with Crippen LogP contribution < -0.4 is 10.1 Å². The summed E-state index contributed by atoms with van der Waals surface area (Å²) < 4.78 is 12.4. The van der Waals surface area contributed by atoms with Crippen LogP contribution in [-0.4, -0.2) is 46.3 Å². The van der Waals surface area contributed by atoms with E-state index in [1.54, 1.807) is 13.3 Å². The highest BCUT2D eigenvalue weighted by molar-refractivity contribution is 7.80. The van der Waals surface area contributed by atoms with Gasteiger partial charge in [0.2, 0.25) is 0 Å². The Morgan fingerprint density at radius 2 is 2.03 bits per heavy atom. The highest BCUT2D eigenvalue weighted by Gasteiger charge is 2.41. The molecule has 160 valence electrons. The maximum absolute atomic E-state index is 11.8. The molecule has 0 saturated carbocycles. The summed E-state index contributed by atoms with van der Waals surface area (Å²) in [4.78, 5) is 18.4. The molecule has 8 heteroatoms. The summed E-state index contributed by atoms with van der Waals surface area (Å²) in [5, 5.41) is 3.99. The fourth-order valence-electron chi connectivity index (χ4n) is 3.91. The van der Waals surface area contributed by atoms with Crippen molar-refractivity contribution in [3.8, 4) is 11.4 Å². The number of benzene rings is 1. The molecular weight excluding hydrogens is 412 g/mol. The highest BCUT2D eigenvalue weighted by Crippen LogP contribution is 2.39. The molecule has 1 aliphatic heterocycles. The Hall–Kier alpha value is -3.39. The van der Waals surface area contributed by atoms with Crippen molar-refractivity contribution in [3.63, 3.8) is 0 Å². The normalized spacial score (nSPS) is 18.0. The molecule has 0 amide bonds. The second-order valence-electron chi connectivity index (χ2n) is 7.15. The minimum atomic E-state index is -0.272. The third-order valence-corrected chi connectivity index (χ3v) is 5.75. The summed E-state index contributed by atoms with van der Waals surface area (Å²) in [7, 11) is 3.05. The summed E-state index contributed by atoms with van der Waals surface area (Å²) in [6.45, 7) is 0.440. The lowest BCUT2D eigenvalue weighted by atomic mass is 10.0. The van der Waals surface area contributed by atoms with Gasteiger partial charge in [-0.1, -0.05) is 12.1 Å². The number of aromatic nitrogens is 2. The number of hydrogen-bond donors (Lipinski definition) is 1. The fourth-order valence-corrected chi connectivity index (χ4v) is 4.24. The van der Waals surface area contributed by atoms with Gasteiger partial charge in [-0.15, -0.1) is 0 Å². The Bertz CT molecular complexity index is 1070. The van der Waals surface area contributed by atoms with Crippen molar-refractivity contribution in [3.05, 3.63) is 78.4 Å². The van der Waals surface area contributed by atoms with Gasteiger partial charge in [0.25, 0.3) is 0 Å². The molecule has 1 aromatic carbocycles. The quantitative estimate of drug-likeness (QED) is 0.450. The van der Waals surface area contributed by atoms with Gasteiger partial charge in [-0.2, -0.15) is 0 Å². The van der Waals surface area contributed by atoms with E-state index in [4.69, 9.17) is 21.7 Å². The molecule has 0 aliphatic carbocycles. The van der Waals surface area contributed by atoms with Crippen molar-refractivity contribution >= 4 is 23.3 Å². The Kier molecular flexibility index (Phi) is 6.18. The summed E-state index contributed by atoms with van der Waals surface area (Å²) in [6, 6.07) is 17.5. The van der Waals surface area contributed by atoms with Crippen LogP contribution in [0.25, 0.3) is 5.69 Å². The number of carbonyl (C=O) groups excluding carboxylic acids is 1. The van der Waals surface area contributed by atoms with Crippen LogP contribution in [0.4, 0.5) is 0 Å². The van der Waals surface area contributed by atoms with E-state index in [1.165, 1.54) is 7.11 Å². The summed E-state index contributed by atoms with van der Waals surface area (Å²) in [6.07, 6.45) is 4.03. The Labute approximate surface area is 186 Å². The first kappa shape index (κ1) is 20.9. The second-order valence-corrected chi connectivity index (χ2v) is 7.54. The molecule has 0 radical (unpaired) electrons. The molecular formula is C23H24N4O3S. The van der Waals surface area contributed by atoms with E-state index in [-0.39, 0.29) is 24.5 Å². The maximum Gasteiger partial charge on any atom is 0.307 e. The largest absolute Gasteiger partial charge is 0.497 e. The SMILES string of the molecule is COC(=O)CCN1C(=S)N[C@H](c2ccccn2)[C@@H]1c1cccn1-c1cccc(OC)c1. The lowest BCUT2D eigenvalue weighted by Crippen LogP contribution is -2.32. The van der Waals surface area contributed by atoms with Gasteiger partial charge < -0.3 is 24.3 Å². The van der Waals surface area contributed by atoms with E-state index < -0.39 is 0 Å². The molecule has 1 fully saturated rings. The standard InChI is InChI=1S/C23H24N4O3S/c1-29-17-8-5-7-16(15-17)26-13-6-10-19(26)22-21(18-9-3-4-12-24-18)25-23(31)27(22)14-11-20(28)30-2/h3-10,12-13,15,21-22H,11,14H2,1-2H3,(H,25,31)/t21-,22+/m1/s1. The molecule has 3 heterocycles. The molecule has 1 aliphatic rings. The van der Waals surface area contributed by atoms with Gasteiger partial charge in [0.05, 0.1) is 38.4 Å². The zero-order chi connectivity index (χ0) is 21.8. The third kappa shape index (κ3) is 4.25. The lowest BCUT2D eigenvalue weighted by molar-refractivity contribution is -0.140. The van der Waals surface area contributed by atoms with E-state index in [1.807, 2.05) is 59.6 Å². The molecule has 4 rings (SSSR count). The van der Waals surface area contributed by atoms with Gasteiger partial charge >= 0.3 is 5.97 Å². The van der Waals surface area contributed by atoms with Crippen LogP contribution in [0.1, 0.15) is 29.9 Å². The molecule has 2 atom stereocenters. The number of nitrogens with one attached hydrogen (secondary N) is 1. The van der Waals surface area contributed by atoms with Crippen molar-refractivity contribution < 1.29 is 14.3 Å². The van der Waals surface area contributed by atoms with Crippen LogP contribution in [0.2, 0.25) is 0 Å². The maximum atomic E-state index is 11.8. The van der Waals surface area contributed by atoms with Gasteiger partial charge in [0.15, 0.2) is 5.11 Å². The third-order valence-electron chi connectivity index (χ3n) is 5.40. The number of nitrogens with zero attached hydrogens (tertiary/aromatic N) is 3. The van der Waals surface area contributed by atoms with Crippen molar-refractivity contribution in [1.29, 1.82) is 0 Å². The summed E-state index contributed by atoms with van der Waals surface area (Å²) in [5.74, 6) is 0.507. The molecule has 1 saturated heterocycles. The molecule has 3 aromatic rings. The van der Waals surface area contributed by atoms with Crippen molar-refractivity contribution in [2.75, 3.05) is 20.8 Å². The number of hydrogen-bond acceptors (Lipinski definition) is 5. The highest BCUT2D eigenvalue weighted by atomic mass is 32.1. The fraction of sp³-hybridized carbons (Fsp3) is 0.261. The second kappa shape index (κ2) is 9.18. The number of carbonyl (C=O) groups is 1. The smallest absolute Gasteiger partial charge is 0.307 e. The predicted molar refractivity (Wildman–Crippen MR) is 121 cm³/mol. The predicted octanol–water partition coefficient (Wildman–Crippen LogP) is 3.42. The van der Waals surface area contributed by atoms with Crippen molar-refractivity contribution in [2.24, 2.45) is 0 Å². The van der Waals surface area contributed by atoms with Crippen molar-refractivity contribution in [1.82, 2.24) is 19.8 Å². The lowest BCUT2D eigenvalue weighted by Gasteiger charge is -2.28.